The Morgan fingerprint density at radius 3 is 2.45 bits per heavy atom. The molecule has 1 aromatic heterocycles. The fourth-order valence-corrected chi connectivity index (χ4v) is 5.29. The van der Waals surface area contributed by atoms with Gasteiger partial charge in [0.1, 0.15) is 6.79 Å². The quantitative estimate of drug-likeness (QED) is 0.535. The summed E-state index contributed by atoms with van der Waals surface area (Å²) in [6.07, 6.45) is 7.46. The number of nitrogens with one attached hydrogen (secondary N) is 1. The second-order valence-corrected chi connectivity index (χ2v) is 10.5. The van der Waals surface area contributed by atoms with Crippen molar-refractivity contribution in [3.8, 4) is 0 Å². The van der Waals surface area contributed by atoms with Gasteiger partial charge >= 0.3 is 0 Å². The van der Waals surface area contributed by atoms with Crippen LogP contribution in [0.1, 0.15) is 25.3 Å². The third-order valence-electron chi connectivity index (χ3n) is 6.59. The zero-order valence-corrected chi connectivity index (χ0v) is 20.5. The van der Waals surface area contributed by atoms with Gasteiger partial charge in [-0.25, -0.2) is 9.97 Å². The molecule has 1 aliphatic heterocycles. The van der Waals surface area contributed by atoms with Crippen LogP contribution in [0.2, 0.25) is 0 Å². The Morgan fingerprint density at radius 1 is 1.24 bits per heavy atom. The maximum Gasteiger partial charge on any atom is 0.225 e. The van der Waals surface area contributed by atoms with Gasteiger partial charge in [0, 0.05) is 70.0 Å². The molecule has 2 heterocycles. The number of hydrogen-bond acceptors (Lipinski definition) is 8. The van der Waals surface area contributed by atoms with Crippen LogP contribution >= 0.6 is 0 Å². The van der Waals surface area contributed by atoms with E-state index in [9.17, 15) is 4.21 Å². The standard InChI is InChI=1S/C23H34N6OS.CH2O/c1-18(12-24)29(22-26-13-21(14-27-22)31(2)30)9-8-25-20-10-23(11-20)16-28(17-23)15-19-6-4-3-5-7-19;1-2/h3-7,13-14,18,20,25H,8-12,15-17,24H2,1-2H3;1H2. The zero-order valence-electron chi connectivity index (χ0n) is 19.7. The molecular formula is C24H36N6O2S. The molecule has 2 unspecified atom stereocenters. The Hall–Kier alpha value is -2.20. The first-order valence-corrected chi connectivity index (χ1v) is 12.9. The Kier molecular flexibility index (Phi) is 9.08. The van der Waals surface area contributed by atoms with Crippen LogP contribution in [0, 0.1) is 5.41 Å². The van der Waals surface area contributed by atoms with E-state index in [4.69, 9.17) is 10.5 Å². The van der Waals surface area contributed by atoms with Crippen LogP contribution in [0.15, 0.2) is 47.6 Å². The van der Waals surface area contributed by atoms with E-state index in [-0.39, 0.29) is 6.04 Å². The molecule has 180 valence electrons. The van der Waals surface area contributed by atoms with Crippen molar-refractivity contribution in [2.24, 2.45) is 11.1 Å². The molecule has 1 aromatic carbocycles. The van der Waals surface area contributed by atoms with Crippen LogP contribution in [0.4, 0.5) is 5.95 Å². The molecule has 9 heteroatoms. The number of hydrogen-bond donors (Lipinski definition) is 2. The highest BCUT2D eigenvalue weighted by molar-refractivity contribution is 7.84. The molecule has 2 aromatic rings. The highest BCUT2D eigenvalue weighted by Gasteiger charge is 2.51. The van der Waals surface area contributed by atoms with Crippen molar-refractivity contribution >= 4 is 23.5 Å². The number of likely N-dealkylation sites (tertiary alicyclic amines) is 1. The van der Waals surface area contributed by atoms with Gasteiger partial charge < -0.3 is 20.7 Å². The minimum Gasteiger partial charge on any atom is -0.336 e. The first kappa shape index (κ1) is 25.4. The molecule has 2 atom stereocenters. The van der Waals surface area contributed by atoms with Gasteiger partial charge in [-0.15, -0.1) is 0 Å². The van der Waals surface area contributed by atoms with Gasteiger partial charge in [-0.2, -0.15) is 0 Å². The van der Waals surface area contributed by atoms with Gasteiger partial charge in [0.25, 0.3) is 0 Å². The Labute approximate surface area is 199 Å². The number of rotatable bonds is 10. The Morgan fingerprint density at radius 2 is 1.88 bits per heavy atom. The molecule has 8 nitrogen and oxygen atoms in total. The number of benzene rings is 1. The van der Waals surface area contributed by atoms with E-state index in [0.29, 0.717) is 28.8 Å². The summed E-state index contributed by atoms with van der Waals surface area (Å²) in [5.41, 5.74) is 7.85. The minimum atomic E-state index is -1.07. The van der Waals surface area contributed by atoms with E-state index < -0.39 is 10.8 Å². The second kappa shape index (κ2) is 11.8. The Balaban J connectivity index is 0.00000149. The average Bonchev–Trinajstić information content (AvgIpc) is 2.80. The molecule has 4 rings (SSSR count). The molecule has 0 radical (unpaired) electrons. The number of nitrogens with two attached hydrogens (primary N) is 1. The molecule has 1 spiro atoms. The van der Waals surface area contributed by atoms with E-state index >= 15 is 0 Å². The van der Waals surface area contributed by atoms with E-state index in [0.717, 1.165) is 19.6 Å². The molecule has 3 N–H and O–H groups in total. The zero-order chi connectivity index (χ0) is 23.8. The van der Waals surface area contributed by atoms with Gasteiger partial charge in [0.15, 0.2) is 0 Å². The van der Waals surface area contributed by atoms with Crippen LogP contribution in [-0.4, -0.2) is 76.9 Å². The number of aromatic nitrogens is 2. The molecule has 1 saturated heterocycles. The topological polar surface area (TPSA) is 104 Å². The van der Waals surface area contributed by atoms with Crippen LogP contribution in [0.25, 0.3) is 0 Å². The molecule has 0 bridgehead atoms. The summed E-state index contributed by atoms with van der Waals surface area (Å²) >= 11 is 0. The van der Waals surface area contributed by atoms with E-state index in [1.807, 2.05) is 6.79 Å². The van der Waals surface area contributed by atoms with Gasteiger partial charge in [-0.3, -0.25) is 9.11 Å². The summed E-state index contributed by atoms with van der Waals surface area (Å²) in [5.74, 6) is 0.648. The molecular weight excluding hydrogens is 436 g/mol. The fraction of sp³-hybridized carbons (Fsp3) is 0.542. The van der Waals surface area contributed by atoms with Crippen molar-refractivity contribution in [2.45, 2.75) is 43.3 Å². The SMILES string of the molecule is C=O.CC(CN)N(CCNC1CC2(C1)CN(Cc1ccccc1)C2)c1ncc(S(C)=O)cn1. The van der Waals surface area contributed by atoms with E-state index in [1.54, 1.807) is 18.6 Å². The highest BCUT2D eigenvalue weighted by atomic mass is 32.2. The molecule has 1 aliphatic carbocycles. The van der Waals surface area contributed by atoms with Gasteiger partial charge in [0.05, 0.1) is 15.7 Å². The van der Waals surface area contributed by atoms with Crippen LogP contribution in [0.5, 0.6) is 0 Å². The van der Waals surface area contributed by atoms with Crippen LogP contribution in [-0.2, 0) is 22.1 Å². The summed E-state index contributed by atoms with van der Waals surface area (Å²) in [6, 6.07) is 11.5. The molecule has 1 saturated carbocycles. The smallest absolute Gasteiger partial charge is 0.225 e. The normalized spacial score (nSPS) is 19.0. The van der Waals surface area contributed by atoms with Crippen LogP contribution < -0.4 is 16.0 Å². The number of carbonyl (C=O) groups is 1. The highest BCUT2D eigenvalue weighted by Crippen LogP contribution is 2.48. The first-order valence-electron chi connectivity index (χ1n) is 11.4. The van der Waals surface area contributed by atoms with Crippen molar-refractivity contribution < 1.29 is 9.00 Å². The average molecular weight is 473 g/mol. The lowest BCUT2D eigenvalue weighted by molar-refractivity contribution is -0.0980. The molecule has 33 heavy (non-hydrogen) atoms. The third kappa shape index (κ3) is 6.44. The summed E-state index contributed by atoms with van der Waals surface area (Å²) in [7, 11) is -1.07. The van der Waals surface area contributed by atoms with Gasteiger partial charge in [-0.1, -0.05) is 30.3 Å². The van der Waals surface area contributed by atoms with Crippen molar-refractivity contribution in [1.82, 2.24) is 20.2 Å². The molecule has 0 amide bonds. The molecule has 2 aliphatic rings. The molecule has 2 fully saturated rings. The number of anilines is 1. The van der Waals surface area contributed by atoms with Crippen LogP contribution in [0.3, 0.4) is 0 Å². The van der Waals surface area contributed by atoms with Crippen molar-refractivity contribution in [3.05, 3.63) is 48.3 Å². The second-order valence-electron chi connectivity index (χ2n) is 9.14. The Bertz CT molecular complexity index is 884. The minimum absolute atomic E-state index is 0.144. The van der Waals surface area contributed by atoms with Gasteiger partial charge in [-0.05, 0) is 30.7 Å². The third-order valence-corrected chi connectivity index (χ3v) is 7.46. The maximum atomic E-state index is 11.6. The fourth-order valence-electron chi connectivity index (χ4n) is 4.88. The predicted octanol–water partition coefficient (Wildman–Crippen LogP) is 1.44. The predicted molar refractivity (Wildman–Crippen MR) is 133 cm³/mol. The van der Waals surface area contributed by atoms with E-state index in [2.05, 4.69) is 62.3 Å². The maximum absolute atomic E-state index is 11.6. The van der Waals surface area contributed by atoms with Crippen molar-refractivity contribution in [2.75, 3.05) is 43.9 Å². The van der Waals surface area contributed by atoms with Crippen molar-refractivity contribution in [3.63, 3.8) is 0 Å². The number of nitrogens with zero attached hydrogens (tertiary/aromatic N) is 4. The number of carbonyl (C=O) groups excluding carboxylic acids is 1. The largest absolute Gasteiger partial charge is 0.336 e. The lowest BCUT2D eigenvalue weighted by Crippen LogP contribution is -2.65. The lowest BCUT2D eigenvalue weighted by atomic mass is 9.60. The van der Waals surface area contributed by atoms with Crippen molar-refractivity contribution in [1.29, 1.82) is 0 Å². The summed E-state index contributed by atoms with van der Waals surface area (Å²) in [4.78, 5) is 22.2. The van der Waals surface area contributed by atoms with E-state index in [1.165, 1.54) is 31.5 Å². The summed E-state index contributed by atoms with van der Waals surface area (Å²) in [5, 5.41) is 3.71. The monoisotopic (exact) mass is 472 g/mol. The van der Waals surface area contributed by atoms with Gasteiger partial charge in [0.2, 0.25) is 5.95 Å². The lowest BCUT2D eigenvalue weighted by Gasteiger charge is -2.59. The summed E-state index contributed by atoms with van der Waals surface area (Å²) < 4.78 is 11.6. The summed E-state index contributed by atoms with van der Waals surface area (Å²) in [6.45, 7) is 9.81. The first-order chi connectivity index (χ1) is 16.0.